The summed E-state index contributed by atoms with van der Waals surface area (Å²) in [4.78, 5) is 0. The lowest BCUT2D eigenvalue weighted by atomic mass is 9.87. The van der Waals surface area contributed by atoms with Gasteiger partial charge in [-0.05, 0) is 18.6 Å². The van der Waals surface area contributed by atoms with Gasteiger partial charge in [-0.3, -0.25) is 0 Å². The van der Waals surface area contributed by atoms with Crippen LogP contribution in [-0.4, -0.2) is 17.8 Å². The van der Waals surface area contributed by atoms with Crippen LogP contribution in [0.5, 0.6) is 0 Å². The van der Waals surface area contributed by atoms with Crippen molar-refractivity contribution in [3.05, 3.63) is 35.8 Å². The first kappa shape index (κ1) is 12.6. The number of furan rings is 1. The summed E-state index contributed by atoms with van der Waals surface area (Å²) in [5.41, 5.74) is -0.838. The number of benzene rings is 1. The topological polar surface area (TPSA) is 42.6 Å². The lowest BCUT2D eigenvalue weighted by Gasteiger charge is -2.35. The molecule has 0 bridgehead atoms. The molecular formula is C15H17FO3. The standard InChI is InChI=1S/C15H17FO3/c1-2-11-9-15(17,6-7-18-11)13-8-10-4-3-5-12(16)14(10)19-13/h3-5,8,11,17H,2,6-7,9H2,1H3. The molecule has 1 saturated heterocycles. The molecule has 102 valence electrons. The van der Waals surface area contributed by atoms with Crippen molar-refractivity contribution in [2.45, 2.75) is 37.9 Å². The van der Waals surface area contributed by atoms with Crippen LogP contribution in [0.4, 0.5) is 4.39 Å². The van der Waals surface area contributed by atoms with Crippen molar-refractivity contribution in [1.82, 2.24) is 0 Å². The van der Waals surface area contributed by atoms with E-state index in [9.17, 15) is 9.50 Å². The molecule has 2 unspecified atom stereocenters. The highest BCUT2D eigenvalue weighted by molar-refractivity contribution is 5.78. The van der Waals surface area contributed by atoms with E-state index in [1.54, 1.807) is 18.2 Å². The third-order valence-electron chi connectivity index (χ3n) is 3.84. The molecule has 1 fully saturated rings. The Kier molecular flexibility index (Phi) is 3.07. The number of aliphatic hydroxyl groups is 1. The van der Waals surface area contributed by atoms with E-state index in [0.717, 1.165) is 6.42 Å². The summed E-state index contributed by atoms with van der Waals surface area (Å²) in [7, 11) is 0. The van der Waals surface area contributed by atoms with E-state index in [1.165, 1.54) is 6.07 Å². The average Bonchev–Trinajstić information content (AvgIpc) is 2.85. The Hall–Kier alpha value is -1.39. The molecule has 2 atom stereocenters. The summed E-state index contributed by atoms with van der Waals surface area (Å²) in [5.74, 6) is 0.0424. The summed E-state index contributed by atoms with van der Waals surface area (Å²) in [5, 5.41) is 11.4. The van der Waals surface area contributed by atoms with Gasteiger partial charge in [0.25, 0.3) is 0 Å². The number of rotatable bonds is 2. The van der Waals surface area contributed by atoms with Gasteiger partial charge in [0.15, 0.2) is 11.4 Å². The van der Waals surface area contributed by atoms with Crippen molar-refractivity contribution in [2.75, 3.05) is 6.61 Å². The third kappa shape index (κ3) is 2.15. The van der Waals surface area contributed by atoms with E-state index in [-0.39, 0.29) is 11.7 Å². The van der Waals surface area contributed by atoms with Crippen LogP contribution < -0.4 is 0 Å². The van der Waals surface area contributed by atoms with Crippen LogP contribution in [0, 0.1) is 5.82 Å². The van der Waals surface area contributed by atoms with Gasteiger partial charge in [-0.1, -0.05) is 19.1 Å². The SMILES string of the molecule is CCC1CC(O)(c2cc3cccc(F)c3o2)CCO1. The van der Waals surface area contributed by atoms with Crippen LogP contribution in [0.2, 0.25) is 0 Å². The Morgan fingerprint density at radius 3 is 3.05 bits per heavy atom. The van der Waals surface area contributed by atoms with Crippen LogP contribution in [-0.2, 0) is 10.3 Å². The molecule has 0 amide bonds. The van der Waals surface area contributed by atoms with Gasteiger partial charge in [0.2, 0.25) is 0 Å². The van der Waals surface area contributed by atoms with Gasteiger partial charge < -0.3 is 14.3 Å². The van der Waals surface area contributed by atoms with Crippen LogP contribution >= 0.6 is 0 Å². The van der Waals surface area contributed by atoms with Crippen LogP contribution in [0.1, 0.15) is 31.9 Å². The Balaban J connectivity index is 2.01. The number of halogens is 1. The van der Waals surface area contributed by atoms with E-state index in [0.29, 0.717) is 30.6 Å². The van der Waals surface area contributed by atoms with Gasteiger partial charge in [0, 0.05) is 18.2 Å². The molecule has 1 aromatic heterocycles. The molecule has 2 heterocycles. The maximum absolute atomic E-state index is 13.6. The van der Waals surface area contributed by atoms with Gasteiger partial charge in [0.05, 0.1) is 12.7 Å². The van der Waals surface area contributed by atoms with E-state index in [4.69, 9.17) is 9.15 Å². The molecule has 0 spiro atoms. The summed E-state index contributed by atoms with van der Waals surface area (Å²) >= 11 is 0. The average molecular weight is 264 g/mol. The highest BCUT2D eigenvalue weighted by atomic mass is 19.1. The lowest BCUT2D eigenvalue weighted by molar-refractivity contribution is -0.117. The lowest BCUT2D eigenvalue weighted by Crippen LogP contribution is -2.38. The first-order chi connectivity index (χ1) is 9.12. The molecule has 0 aliphatic carbocycles. The predicted molar refractivity (Wildman–Crippen MR) is 69.3 cm³/mol. The highest BCUT2D eigenvalue weighted by Gasteiger charge is 2.39. The van der Waals surface area contributed by atoms with Crippen molar-refractivity contribution >= 4 is 11.0 Å². The summed E-state index contributed by atoms with van der Waals surface area (Å²) in [6.45, 7) is 2.52. The zero-order chi connectivity index (χ0) is 13.5. The second-order valence-electron chi connectivity index (χ2n) is 5.16. The first-order valence-corrected chi connectivity index (χ1v) is 6.65. The monoisotopic (exact) mass is 264 g/mol. The van der Waals surface area contributed by atoms with E-state index < -0.39 is 11.4 Å². The van der Waals surface area contributed by atoms with Crippen molar-refractivity contribution in [3.8, 4) is 0 Å². The number of ether oxygens (including phenoxy) is 1. The first-order valence-electron chi connectivity index (χ1n) is 6.65. The minimum absolute atomic E-state index is 0.0248. The highest BCUT2D eigenvalue weighted by Crippen LogP contribution is 2.38. The summed E-state index contributed by atoms with van der Waals surface area (Å²) < 4.78 is 24.8. The van der Waals surface area contributed by atoms with E-state index >= 15 is 0 Å². The van der Waals surface area contributed by atoms with Crippen LogP contribution in [0.3, 0.4) is 0 Å². The fourth-order valence-electron chi connectivity index (χ4n) is 2.67. The molecule has 1 N–H and O–H groups in total. The maximum atomic E-state index is 13.6. The largest absolute Gasteiger partial charge is 0.455 e. The van der Waals surface area contributed by atoms with Crippen molar-refractivity contribution in [1.29, 1.82) is 0 Å². The Labute approximate surface area is 111 Å². The zero-order valence-corrected chi connectivity index (χ0v) is 10.9. The molecule has 0 saturated carbocycles. The Morgan fingerprint density at radius 2 is 2.32 bits per heavy atom. The molecule has 1 aliphatic rings. The minimum Gasteiger partial charge on any atom is -0.455 e. The smallest absolute Gasteiger partial charge is 0.170 e. The van der Waals surface area contributed by atoms with Crippen molar-refractivity contribution in [2.24, 2.45) is 0 Å². The van der Waals surface area contributed by atoms with Gasteiger partial charge in [-0.2, -0.15) is 0 Å². The van der Waals surface area contributed by atoms with Gasteiger partial charge >= 0.3 is 0 Å². The number of hydrogen-bond acceptors (Lipinski definition) is 3. The second kappa shape index (κ2) is 4.62. The molecule has 19 heavy (non-hydrogen) atoms. The molecule has 1 aromatic carbocycles. The van der Waals surface area contributed by atoms with Gasteiger partial charge in [-0.25, -0.2) is 4.39 Å². The molecule has 4 heteroatoms. The third-order valence-corrected chi connectivity index (χ3v) is 3.84. The molecule has 3 nitrogen and oxygen atoms in total. The van der Waals surface area contributed by atoms with Crippen molar-refractivity contribution in [3.63, 3.8) is 0 Å². The molecule has 0 radical (unpaired) electrons. The predicted octanol–water partition coefficient (Wildman–Crippen LogP) is 3.35. The number of para-hydroxylation sites is 1. The minimum atomic E-state index is -1.05. The van der Waals surface area contributed by atoms with Gasteiger partial charge in [-0.15, -0.1) is 0 Å². The molecular weight excluding hydrogens is 247 g/mol. The number of fused-ring (bicyclic) bond motifs is 1. The quantitative estimate of drug-likeness (QED) is 0.904. The Morgan fingerprint density at radius 1 is 1.47 bits per heavy atom. The van der Waals surface area contributed by atoms with Crippen LogP contribution in [0.15, 0.2) is 28.7 Å². The molecule has 2 aromatic rings. The van der Waals surface area contributed by atoms with Gasteiger partial charge in [0.1, 0.15) is 11.4 Å². The Bertz CT molecular complexity index is 592. The summed E-state index contributed by atoms with van der Waals surface area (Å²) in [6.07, 6.45) is 1.84. The van der Waals surface area contributed by atoms with E-state index in [1.807, 2.05) is 6.92 Å². The summed E-state index contributed by atoms with van der Waals surface area (Å²) in [6, 6.07) is 6.51. The number of hydrogen-bond donors (Lipinski definition) is 1. The maximum Gasteiger partial charge on any atom is 0.170 e. The van der Waals surface area contributed by atoms with Crippen molar-refractivity contribution < 1.29 is 18.7 Å². The van der Waals surface area contributed by atoms with Crippen LogP contribution in [0.25, 0.3) is 11.0 Å². The zero-order valence-electron chi connectivity index (χ0n) is 10.9. The molecule has 3 rings (SSSR count). The fourth-order valence-corrected chi connectivity index (χ4v) is 2.67. The molecule has 1 aliphatic heterocycles. The van der Waals surface area contributed by atoms with E-state index in [2.05, 4.69) is 0 Å². The second-order valence-corrected chi connectivity index (χ2v) is 5.16. The fraction of sp³-hybridized carbons (Fsp3) is 0.467. The normalized spacial score (nSPS) is 27.8.